The summed E-state index contributed by atoms with van der Waals surface area (Å²) in [5, 5.41) is 12.4. The Morgan fingerprint density at radius 1 is 1.25 bits per heavy atom. The van der Waals surface area contributed by atoms with Crippen molar-refractivity contribution in [3.8, 4) is 5.75 Å². The molecule has 4 nitrogen and oxygen atoms in total. The monoisotopic (exact) mass is 398 g/mol. The van der Waals surface area contributed by atoms with E-state index >= 15 is 0 Å². The highest BCUT2D eigenvalue weighted by molar-refractivity contribution is 9.11. The fourth-order valence-electron chi connectivity index (χ4n) is 1.74. The van der Waals surface area contributed by atoms with Crippen molar-refractivity contribution in [3.63, 3.8) is 0 Å². The number of halogens is 2. The van der Waals surface area contributed by atoms with E-state index in [0.717, 1.165) is 4.47 Å². The summed E-state index contributed by atoms with van der Waals surface area (Å²) in [4.78, 5) is 12.0. The number of phenols is 1. The van der Waals surface area contributed by atoms with Gasteiger partial charge in [0.2, 0.25) is 5.91 Å². The Morgan fingerprint density at radius 2 is 1.95 bits per heavy atom. The lowest BCUT2D eigenvalue weighted by atomic mass is 10.1. The van der Waals surface area contributed by atoms with E-state index in [-0.39, 0.29) is 18.1 Å². The zero-order chi connectivity index (χ0) is 14.7. The van der Waals surface area contributed by atoms with Gasteiger partial charge in [0, 0.05) is 14.5 Å². The third kappa shape index (κ3) is 3.52. The minimum Gasteiger partial charge on any atom is -0.508 e. The molecule has 0 radical (unpaired) electrons. The predicted molar refractivity (Wildman–Crippen MR) is 86.7 cm³/mol. The molecule has 20 heavy (non-hydrogen) atoms. The van der Waals surface area contributed by atoms with E-state index in [1.165, 1.54) is 0 Å². The largest absolute Gasteiger partial charge is 0.508 e. The first kappa shape index (κ1) is 14.9. The van der Waals surface area contributed by atoms with E-state index in [4.69, 9.17) is 5.73 Å². The molecule has 2 aromatic carbocycles. The number of amides is 1. The number of hydrogen-bond acceptors (Lipinski definition) is 3. The molecule has 0 aromatic heterocycles. The van der Waals surface area contributed by atoms with Gasteiger partial charge in [-0.05, 0) is 34.1 Å². The highest BCUT2D eigenvalue weighted by Crippen LogP contribution is 2.32. The quantitative estimate of drug-likeness (QED) is 0.689. The number of aromatic hydroxyl groups is 1. The van der Waals surface area contributed by atoms with Crippen LogP contribution in [0.5, 0.6) is 5.75 Å². The van der Waals surface area contributed by atoms with Gasteiger partial charge in [0.25, 0.3) is 0 Å². The molecule has 0 aliphatic rings. The van der Waals surface area contributed by atoms with E-state index in [9.17, 15) is 9.90 Å². The molecule has 2 aromatic rings. The number of nitrogens with one attached hydrogen (secondary N) is 1. The first-order valence-corrected chi connectivity index (χ1v) is 7.37. The molecular formula is C14H12Br2N2O2. The first-order chi connectivity index (χ1) is 9.47. The Labute approximate surface area is 133 Å². The molecule has 0 spiro atoms. The highest BCUT2D eigenvalue weighted by Gasteiger charge is 2.12. The summed E-state index contributed by atoms with van der Waals surface area (Å²) in [5.74, 6) is -0.147. The third-order valence-corrected chi connectivity index (χ3v) is 3.78. The van der Waals surface area contributed by atoms with Crippen molar-refractivity contribution in [2.45, 2.75) is 6.42 Å². The van der Waals surface area contributed by atoms with Crippen molar-refractivity contribution < 1.29 is 9.90 Å². The van der Waals surface area contributed by atoms with Crippen molar-refractivity contribution in [1.82, 2.24) is 0 Å². The standard InChI is InChI=1S/C14H12Br2N2O2/c15-9-6-10(16)14(11(17)7-9)18-13(20)5-8-3-1-2-4-12(8)19/h1-4,6-7,19H,5,17H2,(H,18,20). The lowest BCUT2D eigenvalue weighted by molar-refractivity contribution is -0.115. The van der Waals surface area contributed by atoms with Crippen LogP contribution < -0.4 is 11.1 Å². The van der Waals surface area contributed by atoms with Gasteiger partial charge in [0.05, 0.1) is 17.8 Å². The van der Waals surface area contributed by atoms with Crippen molar-refractivity contribution in [2.24, 2.45) is 0 Å². The summed E-state index contributed by atoms with van der Waals surface area (Å²) in [6.45, 7) is 0. The Balaban J connectivity index is 2.15. The minimum atomic E-state index is -0.249. The second-order valence-corrected chi connectivity index (χ2v) is 5.98. The number of para-hydroxylation sites is 1. The van der Waals surface area contributed by atoms with Gasteiger partial charge in [-0.3, -0.25) is 4.79 Å². The topological polar surface area (TPSA) is 75.3 Å². The van der Waals surface area contributed by atoms with Crippen LogP contribution in [0.25, 0.3) is 0 Å². The summed E-state index contributed by atoms with van der Waals surface area (Å²) in [6, 6.07) is 10.2. The summed E-state index contributed by atoms with van der Waals surface area (Å²) < 4.78 is 1.51. The fourth-order valence-corrected chi connectivity index (χ4v) is 3.10. The van der Waals surface area contributed by atoms with E-state index in [1.54, 1.807) is 36.4 Å². The number of nitrogens with two attached hydrogens (primary N) is 1. The van der Waals surface area contributed by atoms with E-state index < -0.39 is 0 Å². The molecule has 0 aliphatic heterocycles. The van der Waals surface area contributed by atoms with Gasteiger partial charge in [-0.2, -0.15) is 0 Å². The van der Waals surface area contributed by atoms with Crippen LogP contribution in [-0.2, 0) is 11.2 Å². The molecule has 6 heteroatoms. The molecule has 104 valence electrons. The third-order valence-electron chi connectivity index (χ3n) is 2.69. The van der Waals surface area contributed by atoms with Crippen molar-refractivity contribution in [1.29, 1.82) is 0 Å². The van der Waals surface area contributed by atoms with Crippen LogP contribution in [0.4, 0.5) is 11.4 Å². The van der Waals surface area contributed by atoms with Gasteiger partial charge in [-0.15, -0.1) is 0 Å². The molecule has 0 fully saturated rings. The summed E-state index contributed by atoms with van der Waals surface area (Å²) in [5.41, 5.74) is 7.41. The SMILES string of the molecule is Nc1cc(Br)cc(Br)c1NC(=O)Cc1ccccc1O. The Hall–Kier alpha value is -1.53. The van der Waals surface area contributed by atoms with Crippen LogP contribution in [0.1, 0.15) is 5.56 Å². The Kier molecular flexibility index (Phi) is 4.67. The number of carbonyl (C=O) groups excluding carboxylic acids is 1. The summed E-state index contributed by atoms with van der Waals surface area (Å²) in [7, 11) is 0. The average Bonchev–Trinajstić information content (AvgIpc) is 2.36. The molecule has 0 atom stereocenters. The fraction of sp³-hybridized carbons (Fsp3) is 0.0714. The van der Waals surface area contributed by atoms with Crippen molar-refractivity contribution in [2.75, 3.05) is 11.1 Å². The van der Waals surface area contributed by atoms with Gasteiger partial charge in [0.1, 0.15) is 5.75 Å². The molecule has 0 saturated heterocycles. The predicted octanol–water partition coefficient (Wildman–Crippen LogP) is 3.68. The van der Waals surface area contributed by atoms with Gasteiger partial charge in [-0.1, -0.05) is 34.1 Å². The average molecular weight is 400 g/mol. The smallest absolute Gasteiger partial charge is 0.229 e. The number of nitrogen functional groups attached to an aromatic ring is 1. The zero-order valence-electron chi connectivity index (χ0n) is 10.4. The molecule has 0 heterocycles. The molecule has 0 unspecified atom stereocenters. The maximum absolute atomic E-state index is 12.0. The lowest BCUT2D eigenvalue weighted by Gasteiger charge is -2.11. The highest BCUT2D eigenvalue weighted by atomic mass is 79.9. The van der Waals surface area contributed by atoms with Gasteiger partial charge in [-0.25, -0.2) is 0 Å². The minimum absolute atomic E-state index is 0.0780. The summed E-state index contributed by atoms with van der Waals surface area (Å²) >= 11 is 6.67. The lowest BCUT2D eigenvalue weighted by Crippen LogP contribution is -2.16. The number of benzene rings is 2. The molecule has 4 N–H and O–H groups in total. The molecule has 2 rings (SSSR count). The maximum atomic E-state index is 12.0. The number of hydrogen-bond donors (Lipinski definition) is 3. The van der Waals surface area contributed by atoms with Gasteiger partial charge >= 0.3 is 0 Å². The van der Waals surface area contributed by atoms with Crippen LogP contribution >= 0.6 is 31.9 Å². The van der Waals surface area contributed by atoms with Gasteiger partial charge < -0.3 is 16.2 Å². The normalized spacial score (nSPS) is 10.3. The zero-order valence-corrected chi connectivity index (χ0v) is 13.5. The van der Waals surface area contributed by atoms with E-state index in [1.807, 2.05) is 0 Å². The maximum Gasteiger partial charge on any atom is 0.229 e. The van der Waals surface area contributed by atoms with Gasteiger partial charge in [0.15, 0.2) is 0 Å². The second-order valence-electron chi connectivity index (χ2n) is 4.21. The molecule has 0 bridgehead atoms. The van der Waals surface area contributed by atoms with Crippen LogP contribution in [0.15, 0.2) is 45.3 Å². The van der Waals surface area contributed by atoms with Crippen LogP contribution in [0, 0.1) is 0 Å². The van der Waals surface area contributed by atoms with Crippen molar-refractivity contribution >= 4 is 49.1 Å². The Morgan fingerprint density at radius 3 is 2.60 bits per heavy atom. The Bertz CT molecular complexity index is 636. The molecular weight excluding hydrogens is 388 g/mol. The number of phenolic OH excluding ortho intramolecular Hbond substituents is 1. The number of carbonyl (C=O) groups is 1. The summed E-state index contributed by atoms with van der Waals surface area (Å²) in [6.07, 6.45) is 0.0780. The number of anilines is 2. The van der Waals surface area contributed by atoms with Crippen LogP contribution in [0.2, 0.25) is 0 Å². The molecule has 1 amide bonds. The van der Waals surface area contributed by atoms with Crippen molar-refractivity contribution in [3.05, 3.63) is 50.9 Å². The first-order valence-electron chi connectivity index (χ1n) is 5.78. The second kappa shape index (κ2) is 6.28. The van der Waals surface area contributed by atoms with Crippen LogP contribution in [0.3, 0.4) is 0 Å². The molecule has 0 aliphatic carbocycles. The van der Waals surface area contributed by atoms with E-state index in [0.29, 0.717) is 21.4 Å². The van der Waals surface area contributed by atoms with E-state index in [2.05, 4.69) is 37.2 Å². The number of rotatable bonds is 3. The molecule has 0 saturated carbocycles. The van der Waals surface area contributed by atoms with Crippen LogP contribution in [-0.4, -0.2) is 11.0 Å².